The highest BCUT2D eigenvalue weighted by Gasteiger charge is 2.49. The summed E-state index contributed by atoms with van der Waals surface area (Å²) in [5.74, 6) is -2.38. The molecule has 1 saturated carbocycles. The maximum absolute atomic E-state index is 11.4. The molecule has 1 aliphatic rings. The Morgan fingerprint density at radius 2 is 2.05 bits per heavy atom. The number of aliphatic carboxylic acids is 1. The van der Waals surface area contributed by atoms with Crippen molar-refractivity contribution in [1.29, 1.82) is 0 Å². The van der Waals surface area contributed by atoms with Crippen LogP contribution < -0.4 is 0 Å². The number of Topliss-reactive ketones (excluding diaryl/α,β-unsaturated/α-hetero) is 1. The Kier molecular flexibility index (Phi) is 3.85. The molecule has 0 saturated heterocycles. The molecule has 19 heavy (non-hydrogen) atoms. The molecule has 2 N–H and O–H groups in total. The normalized spacial score (nSPS) is 27.3. The monoisotopic (exact) mass is 302 g/mol. The Bertz CT molecular complexity index is 543. The van der Waals surface area contributed by atoms with Crippen molar-refractivity contribution in [1.82, 2.24) is 0 Å². The van der Waals surface area contributed by atoms with E-state index in [2.05, 4.69) is 0 Å². The van der Waals surface area contributed by atoms with E-state index < -0.39 is 23.9 Å². The molecule has 0 aliphatic heterocycles. The van der Waals surface area contributed by atoms with E-state index >= 15 is 0 Å². The van der Waals surface area contributed by atoms with E-state index in [1.165, 1.54) is 6.07 Å². The lowest BCUT2D eigenvalue weighted by molar-refractivity contribution is -0.167. The maximum Gasteiger partial charge on any atom is 0.336 e. The van der Waals surface area contributed by atoms with Gasteiger partial charge < -0.3 is 10.2 Å². The Morgan fingerprint density at radius 3 is 2.63 bits per heavy atom. The number of carboxylic acids is 1. The molecule has 0 aromatic heterocycles. The van der Waals surface area contributed by atoms with E-state index in [1.807, 2.05) is 0 Å². The molecular weight excluding hydrogens is 291 g/mol. The molecule has 102 valence electrons. The Hall–Kier alpha value is -1.10. The third-order valence-corrected chi connectivity index (χ3v) is 4.03. The van der Waals surface area contributed by atoms with Gasteiger partial charge in [-0.1, -0.05) is 29.3 Å². The molecule has 0 heterocycles. The van der Waals surface area contributed by atoms with Gasteiger partial charge in [0.15, 0.2) is 5.60 Å². The summed E-state index contributed by atoms with van der Waals surface area (Å²) in [7, 11) is 0. The van der Waals surface area contributed by atoms with Crippen molar-refractivity contribution in [2.24, 2.45) is 0 Å². The van der Waals surface area contributed by atoms with Crippen LogP contribution in [0.3, 0.4) is 0 Å². The molecule has 0 bridgehead atoms. The average Bonchev–Trinajstić information content (AvgIpc) is 2.30. The minimum Gasteiger partial charge on any atom is -0.479 e. The fraction of sp³-hybridized carbons (Fsp3) is 0.385. The number of carbonyl (C=O) groups is 2. The number of hydrogen-bond acceptors (Lipinski definition) is 3. The van der Waals surface area contributed by atoms with Crippen molar-refractivity contribution < 1.29 is 19.8 Å². The van der Waals surface area contributed by atoms with E-state index in [0.717, 1.165) is 0 Å². The second-order valence-corrected chi connectivity index (χ2v) is 5.55. The summed E-state index contributed by atoms with van der Waals surface area (Å²) in [4.78, 5) is 22.7. The number of hydrogen-bond donors (Lipinski definition) is 2. The zero-order valence-corrected chi connectivity index (χ0v) is 11.4. The van der Waals surface area contributed by atoms with Gasteiger partial charge >= 0.3 is 5.97 Å². The fourth-order valence-electron chi connectivity index (χ4n) is 2.48. The molecule has 1 aromatic carbocycles. The number of aliphatic hydroxyl groups is 1. The van der Waals surface area contributed by atoms with E-state index in [1.54, 1.807) is 12.1 Å². The standard InChI is InChI=1S/C13H12Cl2O4/c14-7-1-3-9(11(15)5-7)10-4-2-8(16)6-13(10,19)12(17)18/h1,3,5,10,19H,2,4,6H2,(H,17,18). The number of ketones is 1. The number of carboxylic acid groups (broad SMARTS) is 1. The van der Waals surface area contributed by atoms with Crippen LogP contribution in [0.15, 0.2) is 18.2 Å². The van der Waals surface area contributed by atoms with Crippen LogP contribution in [0.25, 0.3) is 0 Å². The van der Waals surface area contributed by atoms with Crippen LogP contribution in [0.2, 0.25) is 10.0 Å². The lowest BCUT2D eigenvalue weighted by Gasteiger charge is -2.36. The van der Waals surface area contributed by atoms with Gasteiger partial charge in [-0.05, 0) is 24.1 Å². The molecule has 0 amide bonds. The van der Waals surface area contributed by atoms with Gasteiger partial charge in [-0.3, -0.25) is 4.79 Å². The molecule has 4 nitrogen and oxygen atoms in total. The lowest BCUT2D eigenvalue weighted by atomic mass is 9.71. The minimum atomic E-state index is -2.10. The second kappa shape index (κ2) is 5.12. The smallest absolute Gasteiger partial charge is 0.336 e. The molecule has 1 aromatic rings. The highest BCUT2D eigenvalue weighted by molar-refractivity contribution is 6.35. The molecule has 0 spiro atoms. The Labute approximate surface area is 119 Å². The van der Waals surface area contributed by atoms with Crippen LogP contribution in [0.1, 0.15) is 30.7 Å². The molecule has 1 aliphatic carbocycles. The van der Waals surface area contributed by atoms with Gasteiger partial charge in [0.25, 0.3) is 0 Å². The molecule has 2 unspecified atom stereocenters. The quantitative estimate of drug-likeness (QED) is 0.881. The van der Waals surface area contributed by atoms with Crippen molar-refractivity contribution in [2.75, 3.05) is 0 Å². The predicted molar refractivity (Wildman–Crippen MR) is 70.6 cm³/mol. The van der Waals surface area contributed by atoms with E-state index in [4.69, 9.17) is 23.2 Å². The van der Waals surface area contributed by atoms with Gasteiger partial charge in [-0.2, -0.15) is 0 Å². The molecule has 0 radical (unpaired) electrons. The first-order chi connectivity index (χ1) is 8.84. The molecule has 2 atom stereocenters. The summed E-state index contributed by atoms with van der Waals surface area (Å²) in [5, 5.41) is 20.3. The third-order valence-electron chi connectivity index (χ3n) is 3.46. The summed E-state index contributed by atoms with van der Waals surface area (Å²) in [6.07, 6.45) is 0.0914. The van der Waals surface area contributed by atoms with Crippen LogP contribution in [0.4, 0.5) is 0 Å². The summed E-state index contributed by atoms with van der Waals surface area (Å²) in [5.41, 5.74) is -1.60. The Morgan fingerprint density at radius 1 is 1.37 bits per heavy atom. The largest absolute Gasteiger partial charge is 0.479 e. The van der Waals surface area contributed by atoms with Gasteiger partial charge in [0, 0.05) is 28.8 Å². The maximum atomic E-state index is 11.4. The highest BCUT2D eigenvalue weighted by Crippen LogP contribution is 2.42. The van der Waals surface area contributed by atoms with Gasteiger partial charge in [0.05, 0.1) is 0 Å². The zero-order chi connectivity index (χ0) is 14.2. The lowest BCUT2D eigenvalue weighted by Crippen LogP contribution is -2.49. The summed E-state index contributed by atoms with van der Waals surface area (Å²) < 4.78 is 0. The first-order valence-electron chi connectivity index (χ1n) is 5.77. The Balaban J connectivity index is 2.46. The third kappa shape index (κ3) is 2.61. The topological polar surface area (TPSA) is 74.6 Å². The van der Waals surface area contributed by atoms with Crippen molar-refractivity contribution in [3.05, 3.63) is 33.8 Å². The number of benzene rings is 1. The average molecular weight is 303 g/mol. The number of carbonyl (C=O) groups excluding carboxylic acids is 1. The van der Waals surface area contributed by atoms with Crippen molar-refractivity contribution >= 4 is 35.0 Å². The van der Waals surface area contributed by atoms with Crippen molar-refractivity contribution in [3.8, 4) is 0 Å². The van der Waals surface area contributed by atoms with Crippen LogP contribution in [-0.4, -0.2) is 27.6 Å². The molecule has 2 rings (SSSR count). The summed E-state index contributed by atoms with van der Waals surface area (Å²) in [6.45, 7) is 0. The van der Waals surface area contributed by atoms with Crippen LogP contribution in [-0.2, 0) is 9.59 Å². The first-order valence-corrected chi connectivity index (χ1v) is 6.52. The molecule has 1 fully saturated rings. The molecule has 6 heteroatoms. The van der Waals surface area contributed by atoms with Gasteiger partial charge in [0.1, 0.15) is 5.78 Å². The van der Waals surface area contributed by atoms with Gasteiger partial charge in [-0.15, -0.1) is 0 Å². The highest BCUT2D eigenvalue weighted by atomic mass is 35.5. The summed E-state index contributed by atoms with van der Waals surface area (Å²) >= 11 is 11.9. The van der Waals surface area contributed by atoms with Crippen molar-refractivity contribution in [2.45, 2.75) is 30.8 Å². The minimum absolute atomic E-state index is 0.235. The van der Waals surface area contributed by atoms with Crippen LogP contribution in [0.5, 0.6) is 0 Å². The first kappa shape index (κ1) is 14.3. The van der Waals surface area contributed by atoms with E-state index in [-0.39, 0.29) is 18.6 Å². The van der Waals surface area contributed by atoms with Crippen LogP contribution >= 0.6 is 23.2 Å². The molecular formula is C13H12Cl2O4. The summed E-state index contributed by atoms with van der Waals surface area (Å²) in [6, 6.07) is 4.68. The predicted octanol–water partition coefficient (Wildman–Crippen LogP) is 2.65. The van der Waals surface area contributed by atoms with E-state index in [0.29, 0.717) is 15.6 Å². The fourth-order valence-corrected chi connectivity index (χ4v) is 3.02. The van der Waals surface area contributed by atoms with Gasteiger partial charge in [-0.25, -0.2) is 4.79 Å². The van der Waals surface area contributed by atoms with Gasteiger partial charge in [0.2, 0.25) is 0 Å². The number of halogens is 2. The number of rotatable bonds is 2. The van der Waals surface area contributed by atoms with Crippen molar-refractivity contribution in [3.63, 3.8) is 0 Å². The van der Waals surface area contributed by atoms with E-state index in [9.17, 15) is 19.8 Å². The second-order valence-electron chi connectivity index (χ2n) is 4.70. The SMILES string of the molecule is O=C1CCC(c2ccc(Cl)cc2Cl)C(O)(C(=O)O)C1. The van der Waals surface area contributed by atoms with Crippen LogP contribution in [0, 0.1) is 0 Å². The zero-order valence-electron chi connectivity index (χ0n) is 9.90.